The van der Waals surface area contributed by atoms with Crippen molar-refractivity contribution in [1.82, 2.24) is 0 Å². The Hall–Kier alpha value is -1.29. The van der Waals surface area contributed by atoms with Crippen LogP contribution in [0.5, 0.6) is 0 Å². The zero-order valence-electron chi connectivity index (χ0n) is 9.94. The Kier molecular flexibility index (Phi) is 3.35. The number of hydrogen-bond donors (Lipinski definition) is 1. The number of para-hydroxylation sites is 1. The topological polar surface area (TPSA) is 39.2 Å². The molecule has 0 saturated heterocycles. The summed E-state index contributed by atoms with van der Waals surface area (Å²) in [5.41, 5.74) is 7.93. The average molecular weight is 337 g/mol. The molecule has 0 aliphatic heterocycles. The summed E-state index contributed by atoms with van der Waals surface area (Å²) in [4.78, 5) is 0. The molecule has 0 fully saturated rings. The molecule has 2 N–H and O–H groups in total. The molecule has 3 rings (SSSR count). The maximum absolute atomic E-state index is 6.27. The van der Waals surface area contributed by atoms with Crippen LogP contribution < -0.4 is 5.73 Å². The Morgan fingerprint density at radius 3 is 2.68 bits per heavy atom. The van der Waals surface area contributed by atoms with Gasteiger partial charge in [0.15, 0.2) is 0 Å². The molecule has 0 aliphatic rings. The average Bonchev–Trinajstić information content (AvgIpc) is 2.85. The summed E-state index contributed by atoms with van der Waals surface area (Å²) in [5, 5.41) is 1.66. The molecule has 1 atom stereocenters. The second-order valence-corrected chi connectivity index (χ2v) is 5.54. The Labute approximate surface area is 124 Å². The summed E-state index contributed by atoms with van der Waals surface area (Å²) in [7, 11) is 0. The zero-order valence-corrected chi connectivity index (χ0v) is 12.3. The van der Waals surface area contributed by atoms with Gasteiger partial charge < -0.3 is 10.2 Å². The minimum absolute atomic E-state index is 0.377. The van der Waals surface area contributed by atoms with Crippen LogP contribution in [-0.4, -0.2) is 0 Å². The molecule has 0 radical (unpaired) electrons. The van der Waals surface area contributed by atoms with Crippen molar-refractivity contribution < 1.29 is 4.42 Å². The van der Waals surface area contributed by atoms with E-state index in [2.05, 4.69) is 15.9 Å². The fourth-order valence-corrected chi connectivity index (χ4v) is 2.69. The minimum atomic E-state index is -0.377. The van der Waals surface area contributed by atoms with E-state index >= 15 is 0 Å². The van der Waals surface area contributed by atoms with Crippen LogP contribution in [0.15, 0.2) is 57.4 Å². The van der Waals surface area contributed by atoms with Crippen LogP contribution in [0.3, 0.4) is 0 Å². The third-order valence-corrected chi connectivity index (χ3v) is 4.38. The van der Waals surface area contributed by atoms with Gasteiger partial charge in [-0.3, -0.25) is 0 Å². The van der Waals surface area contributed by atoms with Crippen LogP contribution in [0.1, 0.15) is 17.4 Å². The fourth-order valence-electron chi connectivity index (χ4n) is 2.07. The summed E-state index contributed by atoms with van der Waals surface area (Å²) < 4.78 is 6.61. The quantitative estimate of drug-likeness (QED) is 0.723. The number of hydrogen-bond acceptors (Lipinski definition) is 2. The Morgan fingerprint density at radius 2 is 1.89 bits per heavy atom. The minimum Gasteiger partial charge on any atom is -0.459 e. The van der Waals surface area contributed by atoms with Crippen molar-refractivity contribution in [2.45, 2.75) is 6.04 Å². The molecule has 96 valence electrons. The molecule has 0 bridgehead atoms. The molecule has 0 aliphatic carbocycles. The lowest BCUT2D eigenvalue weighted by Gasteiger charge is -2.11. The molecule has 0 spiro atoms. The normalized spacial score (nSPS) is 12.8. The smallest absolute Gasteiger partial charge is 0.134 e. The predicted molar refractivity (Wildman–Crippen MR) is 81.4 cm³/mol. The summed E-state index contributed by atoms with van der Waals surface area (Å²) in [5.74, 6) is 0.709. The molecule has 1 aromatic heterocycles. The molecule has 2 aromatic carbocycles. The van der Waals surface area contributed by atoms with Crippen molar-refractivity contribution in [3.8, 4) is 0 Å². The lowest BCUT2D eigenvalue weighted by molar-refractivity contribution is 0.525. The summed E-state index contributed by atoms with van der Waals surface area (Å²) >= 11 is 9.67. The van der Waals surface area contributed by atoms with Crippen LogP contribution in [0.2, 0.25) is 5.02 Å². The Balaban J connectivity index is 2.08. The molecule has 2 nitrogen and oxygen atoms in total. The van der Waals surface area contributed by atoms with Crippen molar-refractivity contribution >= 4 is 38.5 Å². The highest BCUT2D eigenvalue weighted by molar-refractivity contribution is 9.10. The van der Waals surface area contributed by atoms with Crippen LogP contribution in [0.4, 0.5) is 0 Å². The van der Waals surface area contributed by atoms with E-state index in [1.54, 1.807) is 0 Å². The lowest BCUT2D eigenvalue weighted by atomic mass is 10.1. The van der Waals surface area contributed by atoms with Gasteiger partial charge in [0.05, 0.1) is 11.1 Å². The van der Waals surface area contributed by atoms with Crippen molar-refractivity contribution in [3.05, 3.63) is 69.3 Å². The molecule has 19 heavy (non-hydrogen) atoms. The molecule has 3 aromatic rings. The van der Waals surface area contributed by atoms with E-state index in [1.165, 1.54) is 0 Å². The van der Waals surface area contributed by atoms with Gasteiger partial charge in [-0.2, -0.15) is 0 Å². The standard InChI is InChI=1S/C15H11BrClNO/c16-11-6-3-5-10(14(11)17)15(18)13-8-9-4-1-2-7-12(9)19-13/h1-8,15H,18H2. The van der Waals surface area contributed by atoms with Gasteiger partial charge in [-0.25, -0.2) is 0 Å². The van der Waals surface area contributed by atoms with Gasteiger partial charge in [-0.15, -0.1) is 0 Å². The van der Waals surface area contributed by atoms with Crippen molar-refractivity contribution in [1.29, 1.82) is 0 Å². The lowest BCUT2D eigenvalue weighted by Crippen LogP contribution is -2.11. The van der Waals surface area contributed by atoms with Crippen LogP contribution in [-0.2, 0) is 0 Å². The monoisotopic (exact) mass is 335 g/mol. The largest absolute Gasteiger partial charge is 0.459 e. The first-order valence-corrected chi connectivity index (χ1v) is 7.02. The molecule has 4 heteroatoms. The maximum atomic E-state index is 6.27. The van der Waals surface area contributed by atoms with Gasteiger partial charge in [0.2, 0.25) is 0 Å². The number of fused-ring (bicyclic) bond motifs is 1. The van der Waals surface area contributed by atoms with E-state index in [0.29, 0.717) is 10.8 Å². The second-order valence-electron chi connectivity index (χ2n) is 4.31. The van der Waals surface area contributed by atoms with E-state index in [-0.39, 0.29) is 6.04 Å². The third-order valence-electron chi connectivity index (χ3n) is 3.07. The van der Waals surface area contributed by atoms with Crippen LogP contribution >= 0.6 is 27.5 Å². The van der Waals surface area contributed by atoms with Crippen LogP contribution in [0, 0.1) is 0 Å². The number of furan rings is 1. The molecular weight excluding hydrogens is 326 g/mol. The number of halogens is 2. The van der Waals surface area contributed by atoms with Crippen molar-refractivity contribution in [3.63, 3.8) is 0 Å². The van der Waals surface area contributed by atoms with Gasteiger partial charge in [0, 0.05) is 9.86 Å². The highest BCUT2D eigenvalue weighted by Crippen LogP contribution is 2.33. The Bertz CT molecular complexity index is 705. The van der Waals surface area contributed by atoms with E-state index in [1.807, 2.05) is 48.5 Å². The van der Waals surface area contributed by atoms with Crippen LogP contribution in [0.25, 0.3) is 11.0 Å². The maximum Gasteiger partial charge on any atom is 0.134 e. The van der Waals surface area contributed by atoms with E-state index in [4.69, 9.17) is 21.8 Å². The van der Waals surface area contributed by atoms with Gasteiger partial charge >= 0.3 is 0 Å². The first-order chi connectivity index (χ1) is 9.16. The summed E-state index contributed by atoms with van der Waals surface area (Å²) in [6.45, 7) is 0. The molecule has 1 heterocycles. The molecular formula is C15H11BrClNO. The number of nitrogens with two attached hydrogens (primary N) is 1. The second kappa shape index (κ2) is 5.00. The molecule has 1 unspecified atom stereocenters. The van der Waals surface area contributed by atoms with Gasteiger partial charge in [0.25, 0.3) is 0 Å². The van der Waals surface area contributed by atoms with E-state index < -0.39 is 0 Å². The van der Waals surface area contributed by atoms with Gasteiger partial charge in [-0.1, -0.05) is 41.9 Å². The summed E-state index contributed by atoms with van der Waals surface area (Å²) in [6, 6.07) is 15.1. The SMILES string of the molecule is NC(c1cc2ccccc2o1)c1cccc(Br)c1Cl. The van der Waals surface area contributed by atoms with Gasteiger partial charge in [0.1, 0.15) is 11.3 Å². The van der Waals surface area contributed by atoms with Crippen molar-refractivity contribution in [2.24, 2.45) is 5.73 Å². The first kappa shape index (κ1) is 12.7. The number of benzene rings is 2. The van der Waals surface area contributed by atoms with E-state index in [0.717, 1.165) is 21.0 Å². The van der Waals surface area contributed by atoms with E-state index in [9.17, 15) is 0 Å². The van der Waals surface area contributed by atoms with Crippen molar-refractivity contribution in [2.75, 3.05) is 0 Å². The molecule has 0 amide bonds. The zero-order chi connectivity index (χ0) is 13.4. The highest BCUT2D eigenvalue weighted by atomic mass is 79.9. The Morgan fingerprint density at radius 1 is 1.11 bits per heavy atom. The fraction of sp³-hybridized carbons (Fsp3) is 0.0667. The number of rotatable bonds is 2. The third kappa shape index (κ3) is 2.29. The highest BCUT2D eigenvalue weighted by Gasteiger charge is 2.17. The van der Waals surface area contributed by atoms with Gasteiger partial charge in [-0.05, 0) is 39.7 Å². The predicted octanol–water partition coefficient (Wildman–Crippen LogP) is 4.90. The first-order valence-electron chi connectivity index (χ1n) is 5.85. The molecule has 0 saturated carbocycles. The summed E-state index contributed by atoms with van der Waals surface area (Å²) in [6.07, 6.45) is 0.